The van der Waals surface area contributed by atoms with Crippen molar-refractivity contribution in [1.82, 2.24) is 0 Å². The molecule has 0 saturated heterocycles. The lowest BCUT2D eigenvalue weighted by molar-refractivity contribution is 0.0527. The number of hydrogen-bond acceptors (Lipinski definition) is 6. The van der Waals surface area contributed by atoms with Crippen molar-refractivity contribution in [2.24, 2.45) is 11.3 Å². The smallest absolute Gasteiger partial charge is 0.179 e. The van der Waals surface area contributed by atoms with Crippen LogP contribution < -0.4 is 9.47 Å². The predicted octanol–water partition coefficient (Wildman–Crippen LogP) is 4.56. The number of fused-ring (bicyclic) bond motifs is 3. The van der Waals surface area contributed by atoms with E-state index in [0.717, 1.165) is 16.9 Å². The van der Waals surface area contributed by atoms with Gasteiger partial charge in [0.1, 0.15) is 12.7 Å². The van der Waals surface area contributed by atoms with Gasteiger partial charge in [0.15, 0.2) is 17.3 Å². The molecule has 0 radical (unpaired) electrons. The molecular formula is C24H29ClO5S. The van der Waals surface area contributed by atoms with Crippen LogP contribution in [0.5, 0.6) is 11.5 Å². The highest BCUT2D eigenvalue weighted by Gasteiger charge is 2.63. The van der Waals surface area contributed by atoms with E-state index in [1.165, 1.54) is 23.1 Å². The van der Waals surface area contributed by atoms with Gasteiger partial charge in [-0.3, -0.25) is 4.79 Å². The van der Waals surface area contributed by atoms with E-state index in [2.05, 4.69) is 20.8 Å². The number of Topliss-reactive ketones (excluding diaryl/α,β-unsaturated/α-hetero) is 1. The summed E-state index contributed by atoms with van der Waals surface area (Å²) in [5.41, 5.74) is 4.01. The van der Waals surface area contributed by atoms with Crippen molar-refractivity contribution in [1.29, 1.82) is 0 Å². The summed E-state index contributed by atoms with van der Waals surface area (Å²) in [7, 11) is 1.51. The Bertz CT molecular complexity index is 1010. The number of carbonyl (C=O) groups is 1. The number of ketones is 1. The maximum Gasteiger partial charge on any atom is 0.179 e. The summed E-state index contributed by atoms with van der Waals surface area (Å²) < 4.78 is 10.9. The molecule has 4 rings (SSSR count). The Labute approximate surface area is 192 Å². The van der Waals surface area contributed by atoms with Crippen LogP contribution >= 0.6 is 22.9 Å². The Morgan fingerprint density at radius 2 is 2.13 bits per heavy atom. The third-order valence-electron chi connectivity index (χ3n) is 6.83. The third-order valence-corrected chi connectivity index (χ3v) is 8.32. The third kappa shape index (κ3) is 3.99. The van der Waals surface area contributed by atoms with E-state index in [4.69, 9.17) is 26.2 Å². The maximum absolute atomic E-state index is 13.1. The number of halogens is 1. The molecule has 2 N–H and O–H groups in total. The molecule has 2 unspecified atom stereocenters. The van der Waals surface area contributed by atoms with Crippen LogP contribution in [0.4, 0.5) is 0 Å². The van der Waals surface area contributed by atoms with Gasteiger partial charge in [-0.1, -0.05) is 25.4 Å². The van der Waals surface area contributed by atoms with Gasteiger partial charge >= 0.3 is 0 Å². The number of aliphatic hydroxyl groups is 2. The van der Waals surface area contributed by atoms with E-state index in [1.54, 1.807) is 17.4 Å². The van der Waals surface area contributed by atoms with Gasteiger partial charge in [0.2, 0.25) is 0 Å². The zero-order chi connectivity index (χ0) is 22.5. The quantitative estimate of drug-likeness (QED) is 0.532. The number of methoxy groups -OCH3 is 1. The largest absolute Gasteiger partial charge is 0.493 e. The molecule has 3 atom stereocenters. The van der Waals surface area contributed by atoms with E-state index >= 15 is 0 Å². The van der Waals surface area contributed by atoms with Crippen LogP contribution in [0.15, 0.2) is 12.1 Å². The molecule has 0 amide bonds. The van der Waals surface area contributed by atoms with Crippen molar-refractivity contribution in [2.75, 3.05) is 20.3 Å². The van der Waals surface area contributed by atoms with Gasteiger partial charge in [0.25, 0.3) is 0 Å². The number of rotatable bonds is 9. The first-order chi connectivity index (χ1) is 14.7. The Balaban J connectivity index is 1.45. The van der Waals surface area contributed by atoms with Gasteiger partial charge in [-0.25, -0.2) is 0 Å². The van der Waals surface area contributed by atoms with Gasteiger partial charge in [-0.15, -0.1) is 11.3 Å². The van der Waals surface area contributed by atoms with Gasteiger partial charge < -0.3 is 19.7 Å². The van der Waals surface area contributed by atoms with Gasteiger partial charge in [-0.05, 0) is 65.8 Å². The number of aryl methyl sites for hydroxylation is 2. The molecule has 5 nitrogen and oxygen atoms in total. The van der Waals surface area contributed by atoms with Crippen molar-refractivity contribution in [3.05, 3.63) is 43.6 Å². The topological polar surface area (TPSA) is 76.0 Å². The maximum atomic E-state index is 13.1. The van der Waals surface area contributed by atoms with Crippen LogP contribution in [0.3, 0.4) is 0 Å². The molecule has 2 aliphatic rings. The van der Waals surface area contributed by atoms with Crippen LogP contribution in [0, 0.1) is 18.3 Å². The lowest BCUT2D eigenvalue weighted by Crippen LogP contribution is -2.21. The first kappa shape index (κ1) is 22.6. The zero-order valence-corrected chi connectivity index (χ0v) is 19.9. The van der Waals surface area contributed by atoms with Crippen LogP contribution in [0.25, 0.3) is 0 Å². The number of ether oxygens (including phenoxy) is 2. The summed E-state index contributed by atoms with van der Waals surface area (Å²) in [5, 5.41) is 18.8. The SMILES string of the molecule is COc1cc(CCC(=O)c2sc(C)c3c2CC2C3C2(C)C)cc(Cl)c1OC[C@@H](O)CO. The number of thiophene rings is 1. The first-order valence-corrected chi connectivity index (χ1v) is 11.8. The molecule has 168 valence electrons. The fourth-order valence-corrected chi connectivity index (χ4v) is 6.50. The predicted molar refractivity (Wildman–Crippen MR) is 122 cm³/mol. The highest BCUT2D eigenvalue weighted by atomic mass is 35.5. The minimum absolute atomic E-state index is 0.0912. The van der Waals surface area contributed by atoms with Gasteiger partial charge in [-0.2, -0.15) is 0 Å². The number of carbonyl (C=O) groups excluding carboxylic acids is 1. The molecule has 2 aliphatic carbocycles. The Morgan fingerprint density at radius 3 is 2.81 bits per heavy atom. The van der Waals surface area contributed by atoms with E-state index < -0.39 is 12.7 Å². The summed E-state index contributed by atoms with van der Waals surface area (Å²) in [6, 6.07) is 3.57. The lowest BCUT2D eigenvalue weighted by atomic mass is 9.94. The molecular weight excluding hydrogens is 436 g/mol. The molecule has 31 heavy (non-hydrogen) atoms. The number of hydrogen-bond donors (Lipinski definition) is 2. The van der Waals surface area contributed by atoms with E-state index in [0.29, 0.717) is 46.6 Å². The minimum atomic E-state index is -0.995. The summed E-state index contributed by atoms with van der Waals surface area (Å²) in [6.07, 6.45) is 1.00. The second-order valence-electron chi connectivity index (χ2n) is 9.17. The molecule has 1 heterocycles. The number of aliphatic hydroxyl groups excluding tert-OH is 2. The molecule has 1 aromatic carbocycles. The Hall–Kier alpha value is -1.60. The lowest BCUT2D eigenvalue weighted by Gasteiger charge is -2.15. The van der Waals surface area contributed by atoms with E-state index in [1.807, 2.05) is 6.07 Å². The standard InChI is InChI=1S/C24H29ClO5S/c1-12-20-15(9-16-21(20)24(16,2)3)23(31-12)18(28)6-5-13-7-17(25)22(19(8-13)29-4)30-11-14(27)10-26/h7-8,14,16,21,26-27H,5-6,9-11H2,1-4H3/t14-,16?,21?/m0/s1. The fourth-order valence-electron chi connectivity index (χ4n) is 5.02. The zero-order valence-electron chi connectivity index (χ0n) is 18.3. The first-order valence-electron chi connectivity index (χ1n) is 10.6. The van der Waals surface area contributed by atoms with E-state index in [-0.39, 0.29) is 12.4 Å². The van der Waals surface area contributed by atoms with Crippen molar-refractivity contribution < 1.29 is 24.5 Å². The van der Waals surface area contributed by atoms with Crippen molar-refractivity contribution >= 4 is 28.7 Å². The molecule has 0 bridgehead atoms. The number of benzene rings is 1. The monoisotopic (exact) mass is 464 g/mol. The molecule has 1 saturated carbocycles. The second kappa shape index (κ2) is 8.39. The molecule has 1 aromatic heterocycles. The van der Waals surface area contributed by atoms with Crippen LogP contribution in [-0.4, -0.2) is 42.4 Å². The summed E-state index contributed by atoms with van der Waals surface area (Å²) in [4.78, 5) is 15.3. The van der Waals surface area contributed by atoms with Gasteiger partial charge in [0.05, 0.1) is 23.6 Å². The normalized spacial score (nSPS) is 21.4. The summed E-state index contributed by atoms with van der Waals surface area (Å²) in [6.45, 7) is 6.32. The van der Waals surface area contributed by atoms with Gasteiger partial charge in [0, 0.05) is 11.3 Å². The molecule has 1 fully saturated rings. The van der Waals surface area contributed by atoms with Crippen molar-refractivity contribution in [2.45, 2.75) is 52.1 Å². The molecule has 0 spiro atoms. The average Bonchev–Trinajstić information content (AvgIpc) is 3.06. The highest BCUT2D eigenvalue weighted by Crippen LogP contribution is 2.71. The second-order valence-corrected chi connectivity index (χ2v) is 10.8. The van der Waals surface area contributed by atoms with Crippen molar-refractivity contribution in [3.63, 3.8) is 0 Å². The van der Waals surface area contributed by atoms with Crippen LogP contribution in [0.1, 0.15) is 57.4 Å². The van der Waals surface area contributed by atoms with E-state index in [9.17, 15) is 9.90 Å². The molecule has 0 aliphatic heterocycles. The summed E-state index contributed by atoms with van der Waals surface area (Å²) >= 11 is 8.02. The summed E-state index contributed by atoms with van der Waals surface area (Å²) in [5.74, 6) is 2.27. The molecule has 2 aromatic rings. The van der Waals surface area contributed by atoms with Crippen LogP contribution in [0.2, 0.25) is 5.02 Å². The van der Waals surface area contributed by atoms with Crippen LogP contribution in [-0.2, 0) is 12.8 Å². The average molecular weight is 465 g/mol. The highest BCUT2D eigenvalue weighted by molar-refractivity contribution is 7.14. The minimum Gasteiger partial charge on any atom is -0.493 e. The van der Waals surface area contributed by atoms with Crippen molar-refractivity contribution in [3.8, 4) is 11.5 Å². The fraction of sp³-hybridized carbons (Fsp3) is 0.542. The Morgan fingerprint density at radius 1 is 1.39 bits per heavy atom. The molecule has 7 heteroatoms. The Kier molecular flexibility index (Phi) is 6.12.